The largest absolute Gasteiger partial charge is 0.444 e. The lowest BCUT2D eigenvalue weighted by molar-refractivity contribution is -0.137. The summed E-state index contributed by atoms with van der Waals surface area (Å²) in [6.45, 7) is 7.69. The fourth-order valence-corrected chi connectivity index (χ4v) is 4.31. The molecule has 4 rings (SSSR count). The maximum atomic E-state index is 13.8. The molecule has 0 radical (unpaired) electrons. The van der Waals surface area contributed by atoms with Crippen LogP contribution in [0, 0.1) is 0 Å². The first-order chi connectivity index (χ1) is 17.9. The molecule has 2 amide bonds. The highest BCUT2D eigenvalue weighted by Gasteiger charge is 2.36. The minimum absolute atomic E-state index is 0.206. The molecule has 3 aromatic rings. The standard InChI is InChI=1S/C29H30F3N3O3/c1-28(2,3)38-27(37)35-18-16-34(17-19-35)22-14-12-21(13-15-22)33-26(36)25-23(20-8-5-4-6-9-20)10-7-11-24(25)29(30,31)32/h4-15H,16-19H2,1-3H3,(H,33,36). The van der Waals surface area contributed by atoms with Crippen LogP contribution >= 0.6 is 0 Å². The third-order valence-electron chi connectivity index (χ3n) is 6.10. The van der Waals surface area contributed by atoms with Crippen molar-refractivity contribution in [3.8, 4) is 11.1 Å². The third kappa shape index (κ3) is 6.45. The molecule has 6 nitrogen and oxygen atoms in total. The number of amides is 2. The number of hydrogen-bond donors (Lipinski definition) is 1. The van der Waals surface area contributed by atoms with Crippen LogP contribution in [0.2, 0.25) is 0 Å². The van der Waals surface area contributed by atoms with Gasteiger partial charge >= 0.3 is 12.3 Å². The molecule has 1 fully saturated rings. The Morgan fingerprint density at radius 3 is 2.03 bits per heavy atom. The maximum absolute atomic E-state index is 13.8. The second-order valence-electron chi connectivity index (χ2n) is 10.0. The van der Waals surface area contributed by atoms with Crippen LogP contribution < -0.4 is 10.2 Å². The van der Waals surface area contributed by atoms with Gasteiger partial charge in [-0.25, -0.2) is 4.79 Å². The Hall–Kier alpha value is -4.01. The molecule has 200 valence electrons. The predicted molar refractivity (Wildman–Crippen MR) is 141 cm³/mol. The molecular weight excluding hydrogens is 495 g/mol. The number of nitrogens with one attached hydrogen (secondary N) is 1. The molecule has 0 aliphatic carbocycles. The van der Waals surface area contributed by atoms with E-state index < -0.39 is 28.8 Å². The molecule has 0 aromatic heterocycles. The lowest BCUT2D eigenvalue weighted by atomic mass is 9.94. The SMILES string of the molecule is CC(C)(C)OC(=O)N1CCN(c2ccc(NC(=O)c3c(-c4ccccc4)cccc3C(F)(F)F)cc2)CC1. The van der Waals surface area contributed by atoms with Crippen molar-refractivity contribution in [3.63, 3.8) is 0 Å². The van der Waals surface area contributed by atoms with E-state index >= 15 is 0 Å². The van der Waals surface area contributed by atoms with Crippen LogP contribution in [0.15, 0.2) is 72.8 Å². The zero-order chi connectivity index (χ0) is 27.5. The lowest BCUT2D eigenvalue weighted by Gasteiger charge is -2.36. The van der Waals surface area contributed by atoms with Crippen molar-refractivity contribution in [2.75, 3.05) is 36.4 Å². The molecule has 1 heterocycles. The second-order valence-corrected chi connectivity index (χ2v) is 10.0. The Balaban J connectivity index is 1.48. The molecule has 9 heteroatoms. The topological polar surface area (TPSA) is 61.9 Å². The van der Waals surface area contributed by atoms with E-state index in [4.69, 9.17) is 4.74 Å². The van der Waals surface area contributed by atoms with Gasteiger partial charge in [0.05, 0.1) is 11.1 Å². The van der Waals surface area contributed by atoms with E-state index in [9.17, 15) is 22.8 Å². The average molecular weight is 526 g/mol. The summed E-state index contributed by atoms with van der Waals surface area (Å²) in [7, 11) is 0. The second kappa shape index (κ2) is 10.8. The maximum Gasteiger partial charge on any atom is 0.417 e. The van der Waals surface area contributed by atoms with Gasteiger partial charge in [0, 0.05) is 37.6 Å². The molecular formula is C29H30F3N3O3. The van der Waals surface area contributed by atoms with Crippen molar-refractivity contribution in [2.24, 2.45) is 0 Å². The number of ether oxygens (including phenoxy) is 1. The van der Waals surface area contributed by atoms with Crippen LogP contribution in [0.25, 0.3) is 11.1 Å². The smallest absolute Gasteiger partial charge is 0.417 e. The van der Waals surface area contributed by atoms with Gasteiger partial charge in [0.25, 0.3) is 5.91 Å². The van der Waals surface area contributed by atoms with Crippen molar-refractivity contribution in [1.82, 2.24) is 4.90 Å². The van der Waals surface area contributed by atoms with Crippen molar-refractivity contribution in [2.45, 2.75) is 32.5 Å². The van der Waals surface area contributed by atoms with Crippen LogP contribution in [0.4, 0.5) is 29.3 Å². The molecule has 1 N–H and O–H groups in total. The van der Waals surface area contributed by atoms with Gasteiger partial charge in [0.2, 0.25) is 0 Å². The fraction of sp³-hybridized carbons (Fsp3) is 0.310. The molecule has 0 saturated carbocycles. The molecule has 0 unspecified atom stereocenters. The monoisotopic (exact) mass is 525 g/mol. The van der Waals surface area contributed by atoms with Crippen molar-refractivity contribution in [3.05, 3.63) is 83.9 Å². The third-order valence-corrected chi connectivity index (χ3v) is 6.10. The van der Waals surface area contributed by atoms with Gasteiger partial charge in [-0.1, -0.05) is 42.5 Å². The van der Waals surface area contributed by atoms with E-state index in [1.54, 1.807) is 59.5 Å². The van der Waals surface area contributed by atoms with E-state index in [0.29, 0.717) is 37.4 Å². The summed E-state index contributed by atoms with van der Waals surface area (Å²) < 4.78 is 47.0. The molecule has 1 aliphatic heterocycles. The van der Waals surface area contributed by atoms with Crippen LogP contribution in [0.3, 0.4) is 0 Å². The van der Waals surface area contributed by atoms with Gasteiger partial charge in [-0.2, -0.15) is 13.2 Å². The fourth-order valence-electron chi connectivity index (χ4n) is 4.31. The number of hydrogen-bond acceptors (Lipinski definition) is 4. The number of halogens is 3. The van der Waals surface area contributed by atoms with Gasteiger partial charge in [0.15, 0.2) is 0 Å². The van der Waals surface area contributed by atoms with E-state index in [0.717, 1.165) is 11.8 Å². The first kappa shape index (κ1) is 27.0. The summed E-state index contributed by atoms with van der Waals surface area (Å²) in [5.41, 5.74) is 0.0118. The lowest BCUT2D eigenvalue weighted by Crippen LogP contribution is -2.50. The van der Waals surface area contributed by atoms with Crippen molar-refractivity contribution >= 4 is 23.4 Å². The number of rotatable bonds is 4. The zero-order valence-corrected chi connectivity index (χ0v) is 21.5. The van der Waals surface area contributed by atoms with Crippen molar-refractivity contribution < 1.29 is 27.5 Å². The van der Waals surface area contributed by atoms with Crippen LogP contribution in [-0.4, -0.2) is 48.7 Å². The Morgan fingerprint density at radius 1 is 0.816 bits per heavy atom. The first-order valence-electron chi connectivity index (χ1n) is 12.3. The predicted octanol–water partition coefficient (Wildman–Crippen LogP) is 6.68. The normalized spacial score (nSPS) is 14.3. The zero-order valence-electron chi connectivity index (χ0n) is 21.5. The van der Waals surface area contributed by atoms with Crippen molar-refractivity contribution in [1.29, 1.82) is 0 Å². The Kier molecular flexibility index (Phi) is 7.66. The minimum Gasteiger partial charge on any atom is -0.444 e. The van der Waals surface area contributed by atoms with E-state index in [-0.39, 0.29) is 11.7 Å². The number of anilines is 2. The highest BCUT2D eigenvalue weighted by atomic mass is 19.4. The van der Waals surface area contributed by atoms with Gasteiger partial charge < -0.3 is 19.9 Å². The summed E-state index contributed by atoms with van der Waals surface area (Å²) >= 11 is 0. The van der Waals surface area contributed by atoms with E-state index in [1.165, 1.54) is 12.1 Å². The Morgan fingerprint density at radius 2 is 1.45 bits per heavy atom. The highest BCUT2D eigenvalue weighted by Crippen LogP contribution is 2.37. The van der Waals surface area contributed by atoms with E-state index in [1.807, 2.05) is 20.8 Å². The van der Waals surface area contributed by atoms with Gasteiger partial charge in [-0.3, -0.25) is 4.79 Å². The number of alkyl halides is 3. The number of carbonyl (C=O) groups is 2. The van der Waals surface area contributed by atoms with Crippen LogP contribution in [0.1, 0.15) is 36.7 Å². The van der Waals surface area contributed by atoms with Crippen LogP contribution in [0.5, 0.6) is 0 Å². The number of nitrogens with zero attached hydrogens (tertiary/aromatic N) is 2. The summed E-state index contributed by atoms with van der Waals surface area (Å²) in [6.07, 6.45) is -5.04. The van der Waals surface area contributed by atoms with Crippen LogP contribution in [-0.2, 0) is 10.9 Å². The minimum atomic E-state index is -4.69. The van der Waals surface area contributed by atoms with Gasteiger partial charge in [0.1, 0.15) is 5.60 Å². The molecule has 3 aromatic carbocycles. The summed E-state index contributed by atoms with van der Waals surface area (Å²) in [5.74, 6) is -0.837. The number of carbonyl (C=O) groups excluding carboxylic acids is 2. The highest BCUT2D eigenvalue weighted by molar-refractivity contribution is 6.10. The molecule has 1 saturated heterocycles. The van der Waals surface area contributed by atoms with E-state index in [2.05, 4.69) is 10.2 Å². The average Bonchev–Trinajstić information content (AvgIpc) is 2.88. The number of piperazine rings is 1. The Labute approximate surface area is 220 Å². The molecule has 0 atom stereocenters. The molecule has 0 spiro atoms. The molecule has 38 heavy (non-hydrogen) atoms. The van der Waals surface area contributed by atoms with Gasteiger partial charge in [-0.15, -0.1) is 0 Å². The van der Waals surface area contributed by atoms with Gasteiger partial charge in [-0.05, 0) is 62.2 Å². The molecule has 0 bridgehead atoms. The first-order valence-corrected chi connectivity index (χ1v) is 12.3. The number of benzene rings is 3. The molecule has 1 aliphatic rings. The summed E-state index contributed by atoms with van der Waals surface area (Å²) in [5, 5.41) is 2.63. The quantitative estimate of drug-likeness (QED) is 0.413. The summed E-state index contributed by atoms with van der Waals surface area (Å²) in [4.78, 5) is 29.2. The summed E-state index contributed by atoms with van der Waals surface area (Å²) in [6, 6.07) is 19.2. The Bertz CT molecular complexity index is 1280.